The number of hydrogen-bond donors (Lipinski definition) is 1. The number of rotatable bonds is 8. The molecule has 0 amide bonds. The lowest BCUT2D eigenvalue weighted by atomic mass is 10.1. The molecule has 0 aliphatic carbocycles. The summed E-state index contributed by atoms with van der Waals surface area (Å²) >= 11 is 1.79. The minimum atomic E-state index is 0.209. The first-order valence-corrected chi connectivity index (χ1v) is 9.78. The molecule has 26 heavy (non-hydrogen) atoms. The Morgan fingerprint density at radius 3 is 2.81 bits per heavy atom. The molecule has 2 aromatic heterocycles. The van der Waals surface area contributed by atoms with Gasteiger partial charge in [0.25, 0.3) is 0 Å². The molecule has 1 N–H and O–H groups in total. The zero-order chi connectivity index (χ0) is 18.4. The lowest BCUT2D eigenvalue weighted by Crippen LogP contribution is -2.52. The quantitative estimate of drug-likeness (QED) is 0.761. The van der Waals surface area contributed by atoms with Gasteiger partial charge < -0.3 is 14.6 Å². The van der Waals surface area contributed by atoms with Crippen molar-refractivity contribution in [2.75, 3.05) is 40.5 Å². The number of ether oxygens (including phenoxy) is 2. The van der Waals surface area contributed by atoms with Crippen molar-refractivity contribution in [2.45, 2.75) is 25.6 Å². The average molecular weight is 378 g/mol. The van der Waals surface area contributed by atoms with Crippen molar-refractivity contribution in [1.82, 2.24) is 14.8 Å². The van der Waals surface area contributed by atoms with Crippen LogP contribution >= 0.6 is 11.3 Å². The summed E-state index contributed by atoms with van der Waals surface area (Å²) in [7, 11) is 3.29. The van der Waals surface area contributed by atoms with Gasteiger partial charge in [-0.1, -0.05) is 6.07 Å². The summed E-state index contributed by atoms with van der Waals surface area (Å²) < 4.78 is 10.9. The van der Waals surface area contributed by atoms with Crippen LogP contribution in [0.25, 0.3) is 0 Å². The first kappa shape index (κ1) is 19.1. The zero-order valence-electron chi connectivity index (χ0n) is 15.4. The van der Waals surface area contributed by atoms with E-state index in [1.54, 1.807) is 31.8 Å². The van der Waals surface area contributed by atoms with E-state index in [1.165, 1.54) is 4.88 Å². The van der Waals surface area contributed by atoms with Crippen LogP contribution in [0.3, 0.4) is 0 Å². The topological polar surface area (TPSA) is 58.1 Å². The highest BCUT2D eigenvalue weighted by atomic mass is 32.1. The number of hydrogen-bond acceptors (Lipinski definition) is 7. The average Bonchev–Trinajstić information content (AvgIpc) is 3.17. The molecule has 2 aromatic rings. The lowest BCUT2D eigenvalue weighted by Gasteiger charge is -2.41. The minimum absolute atomic E-state index is 0.209. The molecule has 1 saturated heterocycles. The monoisotopic (exact) mass is 377 g/mol. The predicted molar refractivity (Wildman–Crippen MR) is 103 cm³/mol. The van der Waals surface area contributed by atoms with E-state index in [2.05, 4.69) is 32.3 Å². The van der Waals surface area contributed by atoms with Gasteiger partial charge in [0.1, 0.15) is 5.69 Å². The van der Waals surface area contributed by atoms with Gasteiger partial charge in [0.2, 0.25) is 0 Å². The van der Waals surface area contributed by atoms with E-state index in [0.717, 1.165) is 44.8 Å². The lowest BCUT2D eigenvalue weighted by molar-refractivity contribution is 0.0496. The van der Waals surface area contributed by atoms with Crippen LogP contribution in [0, 0.1) is 0 Å². The third-order valence-electron chi connectivity index (χ3n) is 4.83. The summed E-state index contributed by atoms with van der Waals surface area (Å²) in [6.07, 6.45) is 2.54. The molecule has 1 fully saturated rings. The van der Waals surface area contributed by atoms with Crippen LogP contribution in [-0.4, -0.2) is 66.4 Å². The Morgan fingerprint density at radius 1 is 1.23 bits per heavy atom. The van der Waals surface area contributed by atoms with Crippen molar-refractivity contribution in [3.05, 3.63) is 40.3 Å². The number of aliphatic hydroxyl groups excluding tert-OH is 1. The fourth-order valence-electron chi connectivity index (χ4n) is 3.51. The Morgan fingerprint density at radius 2 is 2.12 bits per heavy atom. The summed E-state index contributed by atoms with van der Waals surface area (Å²) in [5.41, 5.74) is 0.890. The minimum Gasteiger partial charge on any atom is -0.493 e. The fourth-order valence-corrected chi connectivity index (χ4v) is 4.24. The van der Waals surface area contributed by atoms with Gasteiger partial charge in [-0.2, -0.15) is 0 Å². The molecule has 0 bridgehead atoms. The number of pyridine rings is 1. The Balaban J connectivity index is 1.67. The van der Waals surface area contributed by atoms with Crippen LogP contribution in [0.5, 0.6) is 11.5 Å². The molecule has 0 spiro atoms. The molecule has 142 valence electrons. The highest BCUT2D eigenvalue weighted by molar-refractivity contribution is 7.09. The van der Waals surface area contributed by atoms with Crippen molar-refractivity contribution in [3.8, 4) is 11.5 Å². The standard InChI is InChI=1S/C19H27N3O3S/c1-24-18-5-7-20-17(19(18)25-2)14-21-8-9-22(15(12-21)6-10-23)13-16-4-3-11-26-16/h3-5,7,11,15,23H,6,8-10,12-14H2,1-2H3/t15-/m1/s1. The third kappa shape index (κ3) is 4.54. The highest BCUT2D eigenvalue weighted by Crippen LogP contribution is 2.30. The summed E-state index contributed by atoms with van der Waals surface area (Å²) in [6.45, 7) is 4.74. The summed E-state index contributed by atoms with van der Waals surface area (Å²) in [4.78, 5) is 10.7. The van der Waals surface area contributed by atoms with Crippen molar-refractivity contribution in [1.29, 1.82) is 0 Å². The smallest absolute Gasteiger partial charge is 0.183 e. The van der Waals surface area contributed by atoms with E-state index in [4.69, 9.17) is 9.47 Å². The van der Waals surface area contributed by atoms with Gasteiger partial charge in [-0.3, -0.25) is 14.8 Å². The molecule has 3 rings (SSSR count). The predicted octanol–water partition coefficient (Wildman–Crippen LogP) is 2.23. The first-order valence-electron chi connectivity index (χ1n) is 8.90. The molecule has 0 radical (unpaired) electrons. The van der Waals surface area contributed by atoms with Crippen LogP contribution < -0.4 is 9.47 Å². The number of thiophene rings is 1. The number of piperazine rings is 1. The van der Waals surface area contributed by atoms with E-state index in [9.17, 15) is 5.11 Å². The molecule has 0 aromatic carbocycles. The maximum atomic E-state index is 9.50. The van der Waals surface area contributed by atoms with E-state index >= 15 is 0 Å². The second-order valence-corrected chi connectivity index (χ2v) is 7.48. The maximum absolute atomic E-state index is 9.50. The second-order valence-electron chi connectivity index (χ2n) is 6.44. The van der Waals surface area contributed by atoms with Gasteiger partial charge in [-0.25, -0.2) is 0 Å². The van der Waals surface area contributed by atoms with E-state index in [0.29, 0.717) is 17.5 Å². The summed E-state index contributed by atoms with van der Waals surface area (Å²) in [5.74, 6) is 1.41. The molecule has 0 saturated carbocycles. The Hall–Kier alpha value is -1.67. The highest BCUT2D eigenvalue weighted by Gasteiger charge is 2.28. The number of nitrogens with zero attached hydrogens (tertiary/aromatic N) is 3. The van der Waals surface area contributed by atoms with Gasteiger partial charge in [-0.05, 0) is 17.9 Å². The Labute approximate surface area is 159 Å². The summed E-state index contributed by atoms with van der Waals surface area (Å²) in [6, 6.07) is 6.43. The third-order valence-corrected chi connectivity index (χ3v) is 5.69. The van der Waals surface area contributed by atoms with Crippen LogP contribution in [0.4, 0.5) is 0 Å². The normalized spacial score (nSPS) is 18.8. The van der Waals surface area contributed by atoms with E-state index in [-0.39, 0.29) is 6.61 Å². The molecular weight excluding hydrogens is 350 g/mol. The Kier molecular flexibility index (Phi) is 6.85. The second kappa shape index (κ2) is 9.32. The van der Waals surface area contributed by atoms with E-state index < -0.39 is 0 Å². The number of methoxy groups -OCH3 is 2. The van der Waals surface area contributed by atoms with E-state index in [1.807, 2.05) is 6.07 Å². The van der Waals surface area contributed by atoms with Crippen molar-refractivity contribution in [3.63, 3.8) is 0 Å². The number of aromatic nitrogens is 1. The molecule has 1 aliphatic heterocycles. The largest absolute Gasteiger partial charge is 0.493 e. The van der Waals surface area contributed by atoms with Crippen LogP contribution in [0.15, 0.2) is 29.8 Å². The van der Waals surface area contributed by atoms with Crippen LogP contribution in [-0.2, 0) is 13.1 Å². The van der Waals surface area contributed by atoms with Crippen molar-refractivity contribution in [2.24, 2.45) is 0 Å². The van der Waals surface area contributed by atoms with Crippen molar-refractivity contribution < 1.29 is 14.6 Å². The summed E-state index contributed by atoms with van der Waals surface area (Å²) in [5, 5.41) is 11.6. The molecule has 0 unspecified atom stereocenters. The maximum Gasteiger partial charge on any atom is 0.183 e. The molecule has 3 heterocycles. The van der Waals surface area contributed by atoms with Gasteiger partial charge in [-0.15, -0.1) is 11.3 Å². The van der Waals surface area contributed by atoms with Crippen molar-refractivity contribution >= 4 is 11.3 Å². The van der Waals surface area contributed by atoms with Gasteiger partial charge >= 0.3 is 0 Å². The SMILES string of the molecule is COc1ccnc(CN2CCN(Cc3cccs3)[C@H](CCO)C2)c1OC. The molecule has 7 heteroatoms. The molecule has 6 nitrogen and oxygen atoms in total. The zero-order valence-corrected chi connectivity index (χ0v) is 16.2. The van der Waals surface area contributed by atoms with Gasteiger partial charge in [0.15, 0.2) is 11.5 Å². The first-order chi connectivity index (χ1) is 12.7. The number of aliphatic hydroxyl groups is 1. The Bertz CT molecular complexity index is 681. The van der Waals surface area contributed by atoms with Crippen LogP contribution in [0.2, 0.25) is 0 Å². The molecule has 1 aliphatic rings. The van der Waals surface area contributed by atoms with Crippen LogP contribution in [0.1, 0.15) is 17.0 Å². The van der Waals surface area contributed by atoms with Gasteiger partial charge in [0, 0.05) is 62.5 Å². The molecular formula is C19H27N3O3S. The fraction of sp³-hybridized carbons (Fsp3) is 0.526. The molecule has 1 atom stereocenters. The van der Waals surface area contributed by atoms with Gasteiger partial charge in [0.05, 0.1) is 14.2 Å².